The van der Waals surface area contributed by atoms with Gasteiger partial charge < -0.3 is 0 Å². The van der Waals surface area contributed by atoms with Crippen LogP contribution in [0.1, 0.15) is 92.4 Å². The summed E-state index contributed by atoms with van der Waals surface area (Å²) in [6.45, 7) is 11.8. The second-order valence-electron chi connectivity index (χ2n) is 5.90. The van der Waals surface area contributed by atoms with E-state index >= 15 is 0 Å². The standard InChI is InChI=1S/C17H36/c1-6-15(5)13-11-10-12-14-17(9-4)16(7-2)8-3/h15-17H,6-14H2,1-5H3. The average molecular weight is 240 g/mol. The number of hydrogen-bond acceptors (Lipinski definition) is 0. The Labute approximate surface area is 111 Å². The molecule has 0 radical (unpaired) electrons. The van der Waals surface area contributed by atoms with Gasteiger partial charge in [0.1, 0.15) is 0 Å². The lowest BCUT2D eigenvalue weighted by Gasteiger charge is -2.24. The zero-order valence-electron chi connectivity index (χ0n) is 13.1. The molecule has 0 rings (SSSR count). The van der Waals surface area contributed by atoms with E-state index in [4.69, 9.17) is 0 Å². The summed E-state index contributed by atoms with van der Waals surface area (Å²) in [6, 6.07) is 0. The fourth-order valence-corrected chi connectivity index (χ4v) is 3.01. The maximum atomic E-state index is 2.39. The predicted molar refractivity (Wildman–Crippen MR) is 80.4 cm³/mol. The van der Waals surface area contributed by atoms with Gasteiger partial charge >= 0.3 is 0 Å². The molecule has 0 aliphatic heterocycles. The number of rotatable bonds is 11. The van der Waals surface area contributed by atoms with Crippen LogP contribution in [0.15, 0.2) is 0 Å². The van der Waals surface area contributed by atoms with E-state index in [0.29, 0.717) is 0 Å². The summed E-state index contributed by atoms with van der Waals surface area (Å²) in [7, 11) is 0. The molecule has 0 aliphatic rings. The number of hydrogen-bond donors (Lipinski definition) is 0. The van der Waals surface area contributed by atoms with Gasteiger partial charge in [-0.1, -0.05) is 92.4 Å². The van der Waals surface area contributed by atoms with Crippen molar-refractivity contribution in [1.29, 1.82) is 0 Å². The van der Waals surface area contributed by atoms with Crippen molar-refractivity contribution < 1.29 is 0 Å². The molecule has 2 unspecified atom stereocenters. The summed E-state index contributed by atoms with van der Waals surface area (Å²) >= 11 is 0. The Kier molecular flexibility index (Phi) is 11.1. The van der Waals surface area contributed by atoms with Gasteiger partial charge in [0, 0.05) is 0 Å². The Balaban J connectivity index is 3.62. The van der Waals surface area contributed by atoms with Crippen molar-refractivity contribution in [2.75, 3.05) is 0 Å². The van der Waals surface area contributed by atoms with Crippen LogP contribution in [-0.4, -0.2) is 0 Å². The van der Waals surface area contributed by atoms with Crippen LogP contribution in [0.5, 0.6) is 0 Å². The van der Waals surface area contributed by atoms with E-state index in [9.17, 15) is 0 Å². The first-order chi connectivity index (χ1) is 8.19. The van der Waals surface area contributed by atoms with Crippen molar-refractivity contribution in [3.05, 3.63) is 0 Å². The first kappa shape index (κ1) is 17.0. The highest BCUT2D eigenvalue weighted by molar-refractivity contribution is 4.67. The summed E-state index contributed by atoms with van der Waals surface area (Å²) in [5.74, 6) is 2.92. The van der Waals surface area contributed by atoms with Gasteiger partial charge in [-0.05, 0) is 17.8 Å². The van der Waals surface area contributed by atoms with Gasteiger partial charge in [-0.3, -0.25) is 0 Å². The minimum Gasteiger partial charge on any atom is -0.0651 e. The molecular formula is C17H36. The van der Waals surface area contributed by atoms with Gasteiger partial charge in [-0.25, -0.2) is 0 Å². The van der Waals surface area contributed by atoms with Gasteiger partial charge in [0.25, 0.3) is 0 Å². The van der Waals surface area contributed by atoms with Crippen molar-refractivity contribution in [2.45, 2.75) is 92.4 Å². The Hall–Kier alpha value is 0. The molecule has 0 aromatic carbocycles. The van der Waals surface area contributed by atoms with E-state index in [1.54, 1.807) is 0 Å². The summed E-state index contributed by atoms with van der Waals surface area (Å²) < 4.78 is 0. The third-order valence-corrected chi connectivity index (χ3v) is 4.71. The quantitative estimate of drug-likeness (QED) is 0.364. The lowest BCUT2D eigenvalue weighted by Crippen LogP contribution is -2.12. The van der Waals surface area contributed by atoms with Gasteiger partial charge in [0.15, 0.2) is 0 Å². The molecule has 17 heavy (non-hydrogen) atoms. The van der Waals surface area contributed by atoms with Crippen LogP contribution < -0.4 is 0 Å². The molecule has 0 aromatic heterocycles. The van der Waals surface area contributed by atoms with Crippen LogP contribution in [0.3, 0.4) is 0 Å². The maximum absolute atomic E-state index is 2.39. The van der Waals surface area contributed by atoms with Crippen molar-refractivity contribution in [1.82, 2.24) is 0 Å². The molecule has 0 saturated heterocycles. The summed E-state index contributed by atoms with van der Waals surface area (Å²) in [6.07, 6.45) is 12.8. The molecule has 0 spiro atoms. The third kappa shape index (κ3) is 7.84. The van der Waals surface area contributed by atoms with Crippen molar-refractivity contribution in [3.8, 4) is 0 Å². The average Bonchev–Trinajstić information content (AvgIpc) is 2.36. The molecule has 0 nitrogen and oxygen atoms in total. The summed E-state index contributed by atoms with van der Waals surface area (Å²) in [5, 5.41) is 0. The molecule has 0 heterocycles. The molecule has 0 bridgehead atoms. The molecule has 2 atom stereocenters. The Bertz CT molecular complexity index is 146. The SMILES string of the molecule is CCC(C)CCCCCC(CC)C(CC)CC. The van der Waals surface area contributed by atoms with E-state index in [0.717, 1.165) is 17.8 Å². The van der Waals surface area contributed by atoms with Gasteiger partial charge in [-0.15, -0.1) is 0 Å². The van der Waals surface area contributed by atoms with Crippen molar-refractivity contribution >= 4 is 0 Å². The van der Waals surface area contributed by atoms with Gasteiger partial charge in [0.2, 0.25) is 0 Å². The highest BCUT2D eigenvalue weighted by atomic mass is 14.2. The fraction of sp³-hybridized carbons (Fsp3) is 1.00. The topological polar surface area (TPSA) is 0 Å². The molecule has 0 aromatic rings. The zero-order chi connectivity index (χ0) is 13.1. The van der Waals surface area contributed by atoms with Crippen LogP contribution in [0, 0.1) is 17.8 Å². The molecule has 104 valence electrons. The van der Waals surface area contributed by atoms with E-state index in [1.807, 2.05) is 0 Å². The minimum atomic E-state index is 0.941. The second kappa shape index (κ2) is 11.1. The third-order valence-electron chi connectivity index (χ3n) is 4.71. The highest BCUT2D eigenvalue weighted by Crippen LogP contribution is 2.27. The first-order valence-corrected chi connectivity index (χ1v) is 8.19. The molecule has 0 saturated carbocycles. The van der Waals surface area contributed by atoms with E-state index in [2.05, 4.69) is 34.6 Å². The smallest absolute Gasteiger partial charge is 0.0389 e. The highest BCUT2D eigenvalue weighted by Gasteiger charge is 2.15. The Morgan fingerprint density at radius 2 is 1.12 bits per heavy atom. The van der Waals surface area contributed by atoms with Crippen LogP contribution >= 0.6 is 0 Å². The first-order valence-electron chi connectivity index (χ1n) is 8.19. The summed E-state index contributed by atoms with van der Waals surface area (Å²) in [4.78, 5) is 0. The Morgan fingerprint density at radius 1 is 0.588 bits per heavy atom. The van der Waals surface area contributed by atoms with Crippen LogP contribution in [0.25, 0.3) is 0 Å². The van der Waals surface area contributed by atoms with Crippen molar-refractivity contribution in [2.24, 2.45) is 17.8 Å². The minimum absolute atomic E-state index is 0.941. The fourth-order valence-electron chi connectivity index (χ4n) is 3.01. The van der Waals surface area contributed by atoms with Crippen LogP contribution in [-0.2, 0) is 0 Å². The van der Waals surface area contributed by atoms with E-state index in [-0.39, 0.29) is 0 Å². The van der Waals surface area contributed by atoms with Crippen molar-refractivity contribution in [3.63, 3.8) is 0 Å². The lowest BCUT2D eigenvalue weighted by molar-refractivity contribution is 0.277. The normalized spacial score (nSPS) is 15.2. The molecule has 0 amide bonds. The molecule has 0 N–H and O–H groups in total. The van der Waals surface area contributed by atoms with Crippen LogP contribution in [0.2, 0.25) is 0 Å². The summed E-state index contributed by atoms with van der Waals surface area (Å²) in [5.41, 5.74) is 0. The number of unbranched alkanes of at least 4 members (excludes halogenated alkanes) is 2. The molecule has 0 fully saturated rings. The maximum Gasteiger partial charge on any atom is -0.0389 e. The van der Waals surface area contributed by atoms with Crippen LogP contribution in [0.4, 0.5) is 0 Å². The molecule has 0 heteroatoms. The second-order valence-corrected chi connectivity index (χ2v) is 5.90. The zero-order valence-corrected chi connectivity index (χ0v) is 13.1. The molecular weight excluding hydrogens is 204 g/mol. The Morgan fingerprint density at radius 3 is 1.59 bits per heavy atom. The predicted octanol–water partition coefficient (Wildman–Crippen LogP) is 6.45. The monoisotopic (exact) mass is 240 g/mol. The van der Waals surface area contributed by atoms with E-state index < -0.39 is 0 Å². The van der Waals surface area contributed by atoms with Gasteiger partial charge in [0.05, 0.1) is 0 Å². The largest absolute Gasteiger partial charge is 0.0651 e. The lowest BCUT2D eigenvalue weighted by atomic mass is 9.82. The van der Waals surface area contributed by atoms with Gasteiger partial charge in [-0.2, -0.15) is 0 Å². The molecule has 0 aliphatic carbocycles. The van der Waals surface area contributed by atoms with E-state index in [1.165, 1.54) is 57.8 Å².